The summed E-state index contributed by atoms with van der Waals surface area (Å²) in [6, 6.07) is 7.52. The van der Waals surface area contributed by atoms with E-state index in [1.54, 1.807) is 0 Å². The quantitative estimate of drug-likeness (QED) is 0.894. The summed E-state index contributed by atoms with van der Waals surface area (Å²) in [5.74, 6) is 0.472. The highest BCUT2D eigenvalue weighted by Crippen LogP contribution is 2.19. The Morgan fingerprint density at radius 2 is 2.32 bits per heavy atom. The molecular formula is C15H21ClN2O. The zero-order valence-corrected chi connectivity index (χ0v) is 12.2. The normalized spacial score (nSPS) is 24.8. The maximum Gasteiger partial charge on any atom is 0.237 e. The number of halogens is 1. The van der Waals surface area contributed by atoms with Crippen LogP contribution in [0.4, 0.5) is 0 Å². The minimum atomic E-state index is -0.0737. The Morgan fingerprint density at radius 1 is 1.53 bits per heavy atom. The number of piperidine rings is 1. The molecule has 0 spiro atoms. The van der Waals surface area contributed by atoms with Crippen molar-refractivity contribution in [3.63, 3.8) is 0 Å². The van der Waals surface area contributed by atoms with Crippen LogP contribution in [0.5, 0.6) is 0 Å². The van der Waals surface area contributed by atoms with Crippen LogP contribution in [0.1, 0.15) is 38.3 Å². The van der Waals surface area contributed by atoms with Gasteiger partial charge in [0.2, 0.25) is 5.91 Å². The van der Waals surface area contributed by atoms with Crippen molar-refractivity contribution in [3.8, 4) is 0 Å². The van der Waals surface area contributed by atoms with Crippen molar-refractivity contribution in [3.05, 3.63) is 34.9 Å². The third-order valence-corrected chi connectivity index (χ3v) is 3.99. The number of carbonyl (C=O) groups is 1. The molecule has 1 saturated heterocycles. The molecule has 0 bridgehead atoms. The lowest BCUT2D eigenvalue weighted by Crippen LogP contribution is -2.51. The molecule has 1 heterocycles. The molecule has 19 heavy (non-hydrogen) atoms. The number of carbonyl (C=O) groups excluding carboxylic acids is 1. The van der Waals surface area contributed by atoms with Gasteiger partial charge < -0.3 is 10.6 Å². The first-order valence-electron chi connectivity index (χ1n) is 6.87. The first kappa shape index (κ1) is 14.4. The molecule has 1 aromatic carbocycles. The Bertz CT molecular complexity index is 450. The average molecular weight is 281 g/mol. The lowest BCUT2D eigenvalue weighted by molar-refractivity contribution is -0.125. The van der Waals surface area contributed by atoms with E-state index in [1.165, 1.54) is 0 Å². The summed E-state index contributed by atoms with van der Waals surface area (Å²) >= 11 is 5.97. The zero-order chi connectivity index (χ0) is 13.8. The molecule has 3 unspecified atom stereocenters. The molecule has 2 rings (SSSR count). The maximum absolute atomic E-state index is 12.3. The van der Waals surface area contributed by atoms with Gasteiger partial charge in [-0.25, -0.2) is 0 Å². The van der Waals surface area contributed by atoms with Gasteiger partial charge in [-0.1, -0.05) is 30.7 Å². The van der Waals surface area contributed by atoms with E-state index in [0.717, 1.165) is 24.9 Å². The highest BCUT2D eigenvalue weighted by atomic mass is 35.5. The number of hydrogen-bond acceptors (Lipinski definition) is 2. The van der Waals surface area contributed by atoms with E-state index in [1.807, 2.05) is 31.2 Å². The summed E-state index contributed by atoms with van der Waals surface area (Å²) in [5, 5.41) is 7.06. The molecule has 3 atom stereocenters. The minimum absolute atomic E-state index is 0.0258. The summed E-state index contributed by atoms with van der Waals surface area (Å²) in [6.07, 6.45) is 2.26. The fraction of sp³-hybridized carbons (Fsp3) is 0.533. The number of benzene rings is 1. The van der Waals surface area contributed by atoms with E-state index in [4.69, 9.17) is 11.6 Å². The predicted octanol–water partition coefficient (Wildman–Crippen LogP) is 2.91. The second-order valence-corrected chi connectivity index (χ2v) is 5.77. The van der Waals surface area contributed by atoms with Gasteiger partial charge in [0.1, 0.15) is 0 Å². The molecule has 1 aliphatic rings. The number of amides is 1. The first-order chi connectivity index (χ1) is 9.08. The monoisotopic (exact) mass is 280 g/mol. The highest BCUT2D eigenvalue weighted by molar-refractivity contribution is 6.30. The van der Waals surface area contributed by atoms with E-state index in [0.29, 0.717) is 10.9 Å². The Hall–Kier alpha value is -1.06. The van der Waals surface area contributed by atoms with Gasteiger partial charge >= 0.3 is 0 Å². The van der Waals surface area contributed by atoms with Crippen molar-refractivity contribution in [1.29, 1.82) is 0 Å². The van der Waals surface area contributed by atoms with E-state index in [2.05, 4.69) is 17.6 Å². The third-order valence-electron chi connectivity index (χ3n) is 3.76. The fourth-order valence-corrected chi connectivity index (χ4v) is 2.76. The Kier molecular flexibility index (Phi) is 4.83. The molecule has 104 valence electrons. The molecule has 1 aromatic rings. The molecule has 1 fully saturated rings. The van der Waals surface area contributed by atoms with Gasteiger partial charge in [0.15, 0.2) is 0 Å². The summed E-state index contributed by atoms with van der Waals surface area (Å²) < 4.78 is 0. The average Bonchev–Trinajstić information content (AvgIpc) is 2.39. The van der Waals surface area contributed by atoms with Crippen molar-refractivity contribution in [2.45, 2.75) is 38.8 Å². The van der Waals surface area contributed by atoms with Gasteiger partial charge in [-0.3, -0.25) is 4.79 Å². The Labute approximate surface area is 119 Å². The Balaban J connectivity index is 1.98. The molecule has 0 aliphatic carbocycles. The summed E-state index contributed by atoms with van der Waals surface area (Å²) in [4.78, 5) is 12.3. The molecular weight excluding hydrogens is 260 g/mol. The third kappa shape index (κ3) is 3.71. The predicted molar refractivity (Wildman–Crippen MR) is 78.2 cm³/mol. The molecule has 1 aliphatic heterocycles. The van der Waals surface area contributed by atoms with Crippen LogP contribution in [0.15, 0.2) is 24.3 Å². The molecule has 4 heteroatoms. The largest absolute Gasteiger partial charge is 0.348 e. The summed E-state index contributed by atoms with van der Waals surface area (Å²) in [7, 11) is 0. The van der Waals surface area contributed by atoms with Crippen molar-refractivity contribution in [2.24, 2.45) is 5.92 Å². The molecule has 2 N–H and O–H groups in total. The van der Waals surface area contributed by atoms with Crippen molar-refractivity contribution >= 4 is 17.5 Å². The SMILES string of the molecule is CC(NC(=O)C1NCCCC1C)c1cccc(Cl)c1. The van der Waals surface area contributed by atoms with Gasteiger partial charge in [0, 0.05) is 5.02 Å². The second kappa shape index (κ2) is 6.40. The molecule has 0 radical (unpaired) electrons. The molecule has 0 saturated carbocycles. The second-order valence-electron chi connectivity index (χ2n) is 5.34. The van der Waals surface area contributed by atoms with Crippen LogP contribution in [-0.4, -0.2) is 18.5 Å². The van der Waals surface area contributed by atoms with Crippen LogP contribution in [0.25, 0.3) is 0 Å². The van der Waals surface area contributed by atoms with E-state index in [-0.39, 0.29) is 18.0 Å². The topological polar surface area (TPSA) is 41.1 Å². The molecule has 0 aromatic heterocycles. The summed E-state index contributed by atoms with van der Waals surface area (Å²) in [5.41, 5.74) is 1.03. The lowest BCUT2D eigenvalue weighted by atomic mass is 9.92. The van der Waals surface area contributed by atoms with E-state index >= 15 is 0 Å². The maximum atomic E-state index is 12.3. The fourth-order valence-electron chi connectivity index (χ4n) is 2.56. The number of rotatable bonds is 3. The van der Waals surface area contributed by atoms with Crippen molar-refractivity contribution in [1.82, 2.24) is 10.6 Å². The van der Waals surface area contributed by atoms with E-state index in [9.17, 15) is 4.79 Å². The van der Waals surface area contributed by atoms with Gasteiger partial charge in [-0.15, -0.1) is 0 Å². The molecule has 1 amide bonds. The summed E-state index contributed by atoms with van der Waals surface area (Å²) in [6.45, 7) is 5.03. The van der Waals surface area contributed by atoms with Crippen LogP contribution in [0.2, 0.25) is 5.02 Å². The highest BCUT2D eigenvalue weighted by Gasteiger charge is 2.28. The standard InChI is InChI=1S/C15H21ClN2O/c1-10-5-4-8-17-14(10)15(19)18-11(2)12-6-3-7-13(16)9-12/h3,6-7,9-11,14,17H,4-5,8H2,1-2H3,(H,18,19). The van der Waals surface area contributed by atoms with Crippen LogP contribution in [0.3, 0.4) is 0 Å². The van der Waals surface area contributed by atoms with Crippen LogP contribution in [0, 0.1) is 5.92 Å². The smallest absolute Gasteiger partial charge is 0.237 e. The van der Waals surface area contributed by atoms with Crippen LogP contribution < -0.4 is 10.6 Å². The van der Waals surface area contributed by atoms with E-state index < -0.39 is 0 Å². The number of nitrogens with one attached hydrogen (secondary N) is 2. The van der Waals surface area contributed by atoms with Gasteiger partial charge in [-0.05, 0) is 49.9 Å². The van der Waals surface area contributed by atoms with Crippen molar-refractivity contribution < 1.29 is 4.79 Å². The first-order valence-corrected chi connectivity index (χ1v) is 7.25. The zero-order valence-electron chi connectivity index (χ0n) is 11.4. The van der Waals surface area contributed by atoms with Crippen molar-refractivity contribution in [2.75, 3.05) is 6.54 Å². The van der Waals surface area contributed by atoms with Gasteiger partial charge in [0.25, 0.3) is 0 Å². The Morgan fingerprint density at radius 3 is 3.00 bits per heavy atom. The number of hydrogen-bond donors (Lipinski definition) is 2. The lowest BCUT2D eigenvalue weighted by Gasteiger charge is -2.30. The van der Waals surface area contributed by atoms with Crippen LogP contribution in [-0.2, 0) is 4.79 Å². The van der Waals surface area contributed by atoms with Gasteiger partial charge in [-0.2, -0.15) is 0 Å². The molecule has 3 nitrogen and oxygen atoms in total. The van der Waals surface area contributed by atoms with Crippen LogP contribution >= 0.6 is 11.6 Å². The minimum Gasteiger partial charge on any atom is -0.348 e. The van der Waals surface area contributed by atoms with Gasteiger partial charge in [0.05, 0.1) is 12.1 Å².